The molecule has 0 saturated carbocycles. The third kappa shape index (κ3) is 6.77. The molecule has 0 aliphatic heterocycles. The highest BCUT2D eigenvalue weighted by Crippen LogP contribution is 2.29. The van der Waals surface area contributed by atoms with Gasteiger partial charge in [0.2, 0.25) is 0 Å². The highest BCUT2D eigenvalue weighted by molar-refractivity contribution is 6.31. The molecular formula is C27H25ClN2O4. The molecule has 0 heterocycles. The fourth-order valence-electron chi connectivity index (χ4n) is 3.08. The van der Waals surface area contributed by atoms with Crippen molar-refractivity contribution in [2.75, 3.05) is 18.5 Å². The molecule has 0 unspecified atom stereocenters. The van der Waals surface area contributed by atoms with Crippen LogP contribution in [0.3, 0.4) is 0 Å². The Labute approximate surface area is 204 Å². The highest BCUT2D eigenvalue weighted by atomic mass is 35.5. The van der Waals surface area contributed by atoms with E-state index in [0.29, 0.717) is 53.3 Å². The first-order valence-corrected chi connectivity index (χ1v) is 11.2. The number of nitrogens with zero attached hydrogens (tertiary/aromatic N) is 1. The number of halogens is 1. The molecular weight excluding hydrogens is 452 g/mol. The Kier molecular flexibility index (Phi) is 8.96. The fourth-order valence-corrected chi connectivity index (χ4v) is 3.27. The molecule has 6 nitrogen and oxygen atoms in total. The molecule has 0 fully saturated rings. The van der Waals surface area contributed by atoms with Crippen LogP contribution in [-0.4, -0.2) is 19.1 Å². The Morgan fingerprint density at radius 3 is 2.35 bits per heavy atom. The summed E-state index contributed by atoms with van der Waals surface area (Å²) < 4.78 is 16.9. The number of amides is 1. The topological polar surface area (TPSA) is 80.6 Å². The summed E-state index contributed by atoms with van der Waals surface area (Å²) in [4.78, 5) is 12.7. The first-order chi connectivity index (χ1) is 16.5. The Hall–Kier alpha value is -3.95. The van der Waals surface area contributed by atoms with Crippen LogP contribution in [0.15, 0.2) is 72.3 Å². The molecule has 0 bridgehead atoms. The first kappa shape index (κ1) is 24.7. The second-order valence-electron chi connectivity index (χ2n) is 7.10. The summed E-state index contributed by atoms with van der Waals surface area (Å²) in [5.74, 6) is 1.29. The van der Waals surface area contributed by atoms with E-state index in [4.69, 9.17) is 25.8 Å². The molecule has 7 heteroatoms. The Morgan fingerprint density at radius 2 is 1.68 bits per heavy atom. The van der Waals surface area contributed by atoms with Crippen LogP contribution in [-0.2, 0) is 11.4 Å². The van der Waals surface area contributed by atoms with Crippen LogP contribution in [0.25, 0.3) is 6.08 Å². The number of benzene rings is 3. The van der Waals surface area contributed by atoms with Gasteiger partial charge in [-0.1, -0.05) is 35.9 Å². The Balaban J connectivity index is 1.66. The average molecular weight is 477 g/mol. The van der Waals surface area contributed by atoms with Crippen molar-refractivity contribution in [1.82, 2.24) is 0 Å². The van der Waals surface area contributed by atoms with Gasteiger partial charge in [0.25, 0.3) is 5.91 Å². The number of ether oxygens (including phenoxy) is 3. The molecule has 34 heavy (non-hydrogen) atoms. The quantitative estimate of drug-likeness (QED) is 0.276. The average Bonchev–Trinajstić information content (AvgIpc) is 2.84. The monoisotopic (exact) mass is 476 g/mol. The van der Waals surface area contributed by atoms with Crippen molar-refractivity contribution >= 4 is 29.3 Å². The zero-order chi connectivity index (χ0) is 24.3. The van der Waals surface area contributed by atoms with E-state index in [1.54, 1.807) is 42.5 Å². The van der Waals surface area contributed by atoms with Crippen molar-refractivity contribution in [1.29, 1.82) is 5.26 Å². The SMILES string of the molecule is CCOc1ccc(/C=C(\C#N)C(=O)Nc2ccc(OCc3ccccc3Cl)cc2)cc1OCC. The number of rotatable bonds is 10. The zero-order valence-corrected chi connectivity index (χ0v) is 19.8. The van der Waals surface area contributed by atoms with Crippen molar-refractivity contribution in [3.63, 3.8) is 0 Å². The van der Waals surface area contributed by atoms with Gasteiger partial charge >= 0.3 is 0 Å². The van der Waals surface area contributed by atoms with Gasteiger partial charge < -0.3 is 19.5 Å². The van der Waals surface area contributed by atoms with Gasteiger partial charge in [0.15, 0.2) is 11.5 Å². The summed E-state index contributed by atoms with van der Waals surface area (Å²) >= 11 is 6.15. The summed E-state index contributed by atoms with van der Waals surface area (Å²) in [6.07, 6.45) is 1.51. The van der Waals surface area contributed by atoms with E-state index in [1.165, 1.54) is 6.08 Å². The predicted molar refractivity (Wildman–Crippen MR) is 133 cm³/mol. The number of carbonyl (C=O) groups excluding carboxylic acids is 1. The van der Waals surface area contributed by atoms with E-state index in [2.05, 4.69) is 5.32 Å². The van der Waals surface area contributed by atoms with Gasteiger partial charge in [0.1, 0.15) is 24.0 Å². The van der Waals surface area contributed by atoms with E-state index >= 15 is 0 Å². The molecule has 3 rings (SSSR count). The van der Waals surface area contributed by atoms with Crippen molar-refractivity contribution in [3.05, 3.63) is 88.5 Å². The molecule has 1 N–H and O–H groups in total. The van der Waals surface area contributed by atoms with Crippen molar-refractivity contribution < 1.29 is 19.0 Å². The molecule has 3 aromatic carbocycles. The molecule has 3 aromatic rings. The minimum Gasteiger partial charge on any atom is -0.490 e. The number of nitriles is 1. The van der Waals surface area contributed by atoms with E-state index < -0.39 is 5.91 Å². The second kappa shape index (κ2) is 12.3. The van der Waals surface area contributed by atoms with Crippen LogP contribution in [0.5, 0.6) is 17.2 Å². The van der Waals surface area contributed by atoms with Gasteiger partial charge in [0, 0.05) is 16.3 Å². The van der Waals surface area contributed by atoms with Crippen LogP contribution in [0, 0.1) is 11.3 Å². The largest absolute Gasteiger partial charge is 0.490 e. The molecule has 0 atom stereocenters. The van der Waals surface area contributed by atoms with Gasteiger partial charge in [-0.2, -0.15) is 5.26 Å². The van der Waals surface area contributed by atoms with Crippen molar-refractivity contribution in [2.24, 2.45) is 0 Å². The number of anilines is 1. The number of carbonyl (C=O) groups is 1. The third-order valence-electron chi connectivity index (χ3n) is 4.71. The summed E-state index contributed by atoms with van der Waals surface area (Å²) in [5, 5.41) is 12.9. The lowest BCUT2D eigenvalue weighted by Gasteiger charge is -2.11. The lowest BCUT2D eigenvalue weighted by Crippen LogP contribution is -2.13. The normalized spacial score (nSPS) is 10.8. The predicted octanol–water partition coefficient (Wildman–Crippen LogP) is 6.26. The van der Waals surface area contributed by atoms with E-state index in [0.717, 1.165) is 5.56 Å². The van der Waals surface area contributed by atoms with Crippen LogP contribution in [0.4, 0.5) is 5.69 Å². The molecule has 0 aliphatic rings. The van der Waals surface area contributed by atoms with Crippen LogP contribution < -0.4 is 19.5 Å². The molecule has 174 valence electrons. The standard InChI is InChI=1S/C27H25ClN2O4/c1-3-32-25-14-9-19(16-26(25)33-4-2)15-21(17-29)27(31)30-22-10-12-23(13-11-22)34-18-20-7-5-6-8-24(20)28/h5-16H,3-4,18H2,1-2H3,(H,30,31)/b21-15+. The maximum absolute atomic E-state index is 12.7. The molecule has 0 saturated heterocycles. The number of hydrogen-bond donors (Lipinski definition) is 1. The lowest BCUT2D eigenvalue weighted by atomic mass is 10.1. The van der Waals surface area contributed by atoms with Crippen molar-refractivity contribution in [3.8, 4) is 23.3 Å². The molecule has 0 spiro atoms. The Bertz CT molecular complexity index is 1200. The molecule has 1 amide bonds. The number of nitrogens with one attached hydrogen (secondary N) is 1. The van der Waals surface area contributed by atoms with Gasteiger partial charge in [-0.3, -0.25) is 4.79 Å². The fraction of sp³-hybridized carbons (Fsp3) is 0.185. The first-order valence-electron chi connectivity index (χ1n) is 10.8. The second-order valence-corrected chi connectivity index (χ2v) is 7.51. The van der Waals surface area contributed by atoms with Gasteiger partial charge in [-0.05, 0) is 68.0 Å². The summed E-state index contributed by atoms with van der Waals surface area (Å²) in [6, 6.07) is 21.6. The molecule has 0 aromatic heterocycles. The van der Waals surface area contributed by atoms with Crippen LogP contribution in [0.2, 0.25) is 5.02 Å². The lowest BCUT2D eigenvalue weighted by molar-refractivity contribution is -0.112. The van der Waals surface area contributed by atoms with Crippen LogP contribution in [0.1, 0.15) is 25.0 Å². The molecule has 0 radical (unpaired) electrons. The third-order valence-corrected chi connectivity index (χ3v) is 5.08. The highest BCUT2D eigenvalue weighted by Gasteiger charge is 2.12. The minimum absolute atomic E-state index is 0.0364. The summed E-state index contributed by atoms with van der Waals surface area (Å²) in [7, 11) is 0. The van der Waals surface area contributed by atoms with Gasteiger partial charge in [-0.25, -0.2) is 0 Å². The summed E-state index contributed by atoms with van der Waals surface area (Å²) in [5.41, 5.74) is 2.04. The van der Waals surface area contributed by atoms with E-state index in [9.17, 15) is 10.1 Å². The van der Waals surface area contributed by atoms with Crippen molar-refractivity contribution in [2.45, 2.75) is 20.5 Å². The smallest absolute Gasteiger partial charge is 0.266 e. The number of hydrogen-bond acceptors (Lipinski definition) is 5. The van der Waals surface area contributed by atoms with E-state index in [-0.39, 0.29) is 5.57 Å². The van der Waals surface area contributed by atoms with E-state index in [1.807, 2.05) is 44.2 Å². The zero-order valence-electron chi connectivity index (χ0n) is 19.0. The summed E-state index contributed by atoms with van der Waals surface area (Å²) in [6.45, 7) is 5.07. The maximum atomic E-state index is 12.7. The minimum atomic E-state index is -0.515. The van der Waals surface area contributed by atoms with Gasteiger partial charge in [-0.15, -0.1) is 0 Å². The Morgan fingerprint density at radius 1 is 0.971 bits per heavy atom. The van der Waals surface area contributed by atoms with Gasteiger partial charge in [0.05, 0.1) is 13.2 Å². The van der Waals surface area contributed by atoms with Crippen LogP contribution >= 0.6 is 11.6 Å². The maximum Gasteiger partial charge on any atom is 0.266 e. The molecule has 0 aliphatic carbocycles.